The Morgan fingerprint density at radius 1 is 1.25 bits per heavy atom. The number of methoxy groups -OCH3 is 2. The van der Waals surface area contributed by atoms with Crippen molar-refractivity contribution in [2.45, 2.75) is 33.5 Å². The predicted octanol–water partition coefficient (Wildman–Crippen LogP) is 1.86. The van der Waals surface area contributed by atoms with Gasteiger partial charge in [0.15, 0.2) is 6.29 Å². The quantitative estimate of drug-likeness (QED) is 0.484. The van der Waals surface area contributed by atoms with Crippen LogP contribution in [0.2, 0.25) is 0 Å². The van der Waals surface area contributed by atoms with Crippen molar-refractivity contribution in [3.05, 3.63) is 0 Å². The SMILES string of the molecule is CCC(C)C=O.COC(C)OC. The fourth-order valence-corrected chi connectivity index (χ4v) is 0.192. The van der Waals surface area contributed by atoms with E-state index >= 15 is 0 Å². The molecule has 0 spiro atoms. The maximum Gasteiger partial charge on any atom is 0.154 e. The number of hydrogen-bond donors (Lipinski definition) is 0. The van der Waals surface area contributed by atoms with Crippen molar-refractivity contribution in [1.82, 2.24) is 0 Å². The average molecular weight is 176 g/mol. The Labute approximate surface area is 75.1 Å². The van der Waals surface area contributed by atoms with E-state index in [4.69, 9.17) is 0 Å². The third-order valence-electron chi connectivity index (χ3n) is 1.54. The van der Waals surface area contributed by atoms with Gasteiger partial charge >= 0.3 is 0 Å². The van der Waals surface area contributed by atoms with Gasteiger partial charge in [-0.2, -0.15) is 0 Å². The highest BCUT2D eigenvalue weighted by Crippen LogP contribution is 1.91. The molecule has 0 aliphatic rings. The molecule has 0 saturated heterocycles. The molecule has 0 fully saturated rings. The highest BCUT2D eigenvalue weighted by atomic mass is 16.7. The molecule has 0 aliphatic carbocycles. The first-order chi connectivity index (χ1) is 5.62. The minimum Gasteiger partial charge on any atom is -0.356 e. The van der Waals surface area contributed by atoms with Crippen LogP contribution in [0.3, 0.4) is 0 Å². The molecular formula is C9H20O3. The van der Waals surface area contributed by atoms with Gasteiger partial charge in [-0.3, -0.25) is 0 Å². The molecule has 0 N–H and O–H groups in total. The summed E-state index contributed by atoms with van der Waals surface area (Å²) in [4.78, 5) is 9.74. The van der Waals surface area contributed by atoms with Crippen LogP contribution in [-0.2, 0) is 14.3 Å². The fourth-order valence-electron chi connectivity index (χ4n) is 0.192. The number of aldehydes is 1. The van der Waals surface area contributed by atoms with Crippen molar-refractivity contribution in [2.24, 2.45) is 5.92 Å². The molecule has 0 aliphatic heterocycles. The summed E-state index contributed by atoms with van der Waals surface area (Å²) in [7, 11) is 3.21. The first-order valence-electron chi connectivity index (χ1n) is 4.13. The van der Waals surface area contributed by atoms with Gasteiger partial charge in [-0.1, -0.05) is 13.8 Å². The summed E-state index contributed by atoms with van der Waals surface area (Å²) in [5.41, 5.74) is 0. The fraction of sp³-hybridized carbons (Fsp3) is 0.889. The second-order valence-electron chi connectivity index (χ2n) is 2.56. The standard InChI is InChI=1S/C5H10O.C4H10O2/c1-3-5(2)4-6;1-4(5-2)6-3/h4-5H,3H2,1-2H3;4H,1-3H3. The first-order valence-corrected chi connectivity index (χ1v) is 4.13. The van der Waals surface area contributed by atoms with E-state index in [1.807, 2.05) is 20.8 Å². The normalized spacial score (nSPS) is 11.8. The Bertz CT molecular complexity index is 89.8. The summed E-state index contributed by atoms with van der Waals surface area (Å²) in [5, 5.41) is 0. The molecule has 0 saturated carbocycles. The molecule has 3 heteroatoms. The summed E-state index contributed by atoms with van der Waals surface area (Å²) in [6.07, 6.45) is 1.87. The molecule has 1 atom stereocenters. The van der Waals surface area contributed by atoms with E-state index in [1.54, 1.807) is 14.2 Å². The number of hydrogen-bond acceptors (Lipinski definition) is 3. The Hall–Kier alpha value is -0.410. The van der Waals surface area contributed by atoms with Gasteiger partial charge < -0.3 is 14.3 Å². The molecule has 12 heavy (non-hydrogen) atoms. The summed E-state index contributed by atoms with van der Waals surface area (Å²) in [6.45, 7) is 5.74. The monoisotopic (exact) mass is 176 g/mol. The number of carbonyl (C=O) groups is 1. The van der Waals surface area contributed by atoms with Crippen molar-refractivity contribution in [1.29, 1.82) is 0 Å². The van der Waals surface area contributed by atoms with Crippen LogP contribution in [0, 0.1) is 5.92 Å². The Kier molecular flexibility index (Phi) is 12.5. The van der Waals surface area contributed by atoms with E-state index < -0.39 is 0 Å². The van der Waals surface area contributed by atoms with Crippen molar-refractivity contribution < 1.29 is 14.3 Å². The van der Waals surface area contributed by atoms with Crippen molar-refractivity contribution >= 4 is 6.29 Å². The van der Waals surface area contributed by atoms with E-state index in [0.29, 0.717) is 0 Å². The molecule has 1 unspecified atom stereocenters. The molecule has 0 bridgehead atoms. The van der Waals surface area contributed by atoms with Gasteiger partial charge in [0.2, 0.25) is 0 Å². The highest BCUT2D eigenvalue weighted by Gasteiger charge is 1.89. The molecule has 0 radical (unpaired) electrons. The first kappa shape index (κ1) is 14.1. The van der Waals surface area contributed by atoms with Gasteiger partial charge in [0.25, 0.3) is 0 Å². The summed E-state index contributed by atoms with van der Waals surface area (Å²) in [5.74, 6) is 0.255. The second kappa shape index (κ2) is 10.6. The molecule has 3 nitrogen and oxygen atoms in total. The molecule has 0 aromatic heterocycles. The van der Waals surface area contributed by atoms with Gasteiger partial charge in [0.1, 0.15) is 6.29 Å². The Balaban J connectivity index is 0. The van der Waals surface area contributed by atoms with Crippen LogP contribution in [0.5, 0.6) is 0 Å². The lowest BCUT2D eigenvalue weighted by atomic mass is 10.2. The van der Waals surface area contributed by atoms with Crippen molar-refractivity contribution in [3.63, 3.8) is 0 Å². The van der Waals surface area contributed by atoms with E-state index in [9.17, 15) is 4.79 Å². The van der Waals surface area contributed by atoms with Crippen LogP contribution in [0.25, 0.3) is 0 Å². The van der Waals surface area contributed by atoms with Gasteiger partial charge in [-0.05, 0) is 13.3 Å². The maximum atomic E-state index is 9.74. The van der Waals surface area contributed by atoms with Crippen LogP contribution in [-0.4, -0.2) is 26.8 Å². The van der Waals surface area contributed by atoms with Gasteiger partial charge in [-0.15, -0.1) is 0 Å². The minimum absolute atomic E-state index is 0.0648. The van der Waals surface area contributed by atoms with E-state index in [-0.39, 0.29) is 12.2 Å². The van der Waals surface area contributed by atoms with Gasteiger partial charge in [0, 0.05) is 20.1 Å². The smallest absolute Gasteiger partial charge is 0.154 e. The lowest BCUT2D eigenvalue weighted by Gasteiger charge is -2.03. The minimum atomic E-state index is -0.0648. The topological polar surface area (TPSA) is 35.5 Å². The lowest BCUT2D eigenvalue weighted by Crippen LogP contribution is -2.05. The molecule has 0 amide bonds. The summed E-state index contributed by atoms with van der Waals surface area (Å²) < 4.78 is 9.35. The number of rotatable bonds is 4. The molecule has 0 aromatic rings. The average Bonchev–Trinajstić information content (AvgIpc) is 2.16. The number of ether oxygens (including phenoxy) is 2. The maximum absolute atomic E-state index is 9.74. The molecule has 0 heterocycles. The summed E-state index contributed by atoms with van der Waals surface area (Å²) >= 11 is 0. The highest BCUT2D eigenvalue weighted by molar-refractivity contribution is 5.52. The molecule has 0 rings (SSSR count). The number of carbonyl (C=O) groups excluding carboxylic acids is 1. The lowest BCUT2D eigenvalue weighted by molar-refractivity contribution is -0.110. The van der Waals surface area contributed by atoms with E-state index in [2.05, 4.69) is 9.47 Å². The third-order valence-corrected chi connectivity index (χ3v) is 1.54. The summed E-state index contributed by atoms with van der Waals surface area (Å²) in [6, 6.07) is 0. The van der Waals surface area contributed by atoms with Crippen molar-refractivity contribution in [2.75, 3.05) is 14.2 Å². The van der Waals surface area contributed by atoms with Crippen LogP contribution >= 0.6 is 0 Å². The molecular weight excluding hydrogens is 156 g/mol. The van der Waals surface area contributed by atoms with Gasteiger partial charge in [-0.25, -0.2) is 0 Å². The van der Waals surface area contributed by atoms with Crippen LogP contribution in [0.4, 0.5) is 0 Å². The van der Waals surface area contributed by atoms with E-state index in [0.717, 1.165) is 12.7 Å². The zero-order valence-electron chi connectivity index (χ0n) is 8.66. The van der Waals surface area contributed by atoms with E-state index in [1.165, 1.54) is 0 Å². The van der Waals surface area contributed by atoms with Gasteiger partial charge in [0.05, 0.1) is 0 Å². The zero-order valence-corrected chi connectivity index (χ0v) is 8.66. The Morgan fingerprint density at radius 2 is 1.67 bits per heavy atom. The van der Waals surface area contributed by atoms with Crippen LogP contribution in [0.1, 0.15) is 27.2 Å². The second-order valence-corrected chi connectivity index (χ2v) is 2.56. The molecule has 74 valence electrons. The van der Waals surface area contributed by atoms with Crippen molar-refractivity contribution in [3.8, 4) is 0 Å². The molecule has 0 aromatic carbocycles. The largest absolute Gasteiger partial charge is 0.356 e. The van der Waals surface area contributed by atoms with Crippen LogP contribution < -0.4 is 0 Å². The van der Waals surface area contributed by atoms with Crippen LogP contribution in [0.15, 0.2) is 0 Å². The predicted molar refractivity (Wildman–Crippen MR) is 49.0 cm³/mol. The Morgan fingerprint density at radius 3 is 1.67 bits per heavy atom. The third kappa shape index (κ3) is 12.3. The zero-order chi connectivity index (χ0) is 9.98.